The van der Waals surface area contributed by atoms with Crippen LogP contribution in [0, 0.1) is 6.92 Å². The van der Waals surface area contributed by atoms with Gasteiger partial charge < -0.3 is 4.90 Å². The summed E-state index contributed by atoms with van der Waals surface area (Å²) in [6, 6.07) is 8.39. The van der Waals surface area contributed by atoms with Crippen molar-refractivity contribution in [1.29, 1.82) is 0 Å². The monoisotopic (exact) mass is 392 g/mol. The van der Waals surface area contributed by atoms with Crippen LogP contribution in [0.1, 0.15) is 12.0 Å². The standard InChI is InChI=1S/C16H17ClN6O2S/c1-11-13(17)3-2-4-14(11)26(24,25)21-12-7-8-22(9-12)16-6-5-15-19-18-10-23(15)20-16/h2-6,10,12,21H,7-9H2,1H3/t12-/m0/s1. The summed E-state index contributed by atoms with van der Waals surface area (Å²) in [5.41, 5.74) is 1.22. The summed E-state index contributed by atoms with van der Waals surface area (Å²) in [6.45, 7) is 2.96. The van der Waals surface area contributed by atoms with Crippen LogP contribution in [0.3, 0.4) is 0 Å². The summed E-state index contributed by atoms with van der Waals surface area (Å²) < 4.78 is 29.8. The second-order valence-electron chi connectivity index (χ2n) is 6.24. The molecule has 0 bridgehead atoms. The highest BCUT2D eigenvalue weighted by atomic mass is 35.5. The van der Waals surface area contributed by atoms with Crippen molar-refractivity contribution in [2.75, 3.05) is 18.0 Å². The summed E-state index contributed by atoms with van der Waals surface area (Å²) in [5, 5.41) is 12.6. The first-order valence-electron chi connectivity index (χ1n) is 8.13. The summed E-state index contributed by atoms with van der Waals surface area (Å²) in [5.74, 6) is 0.762. The Balaban J connectivity index is 1.51. The third-order valence-corrected chi connectivity index (χ3v) is 6.56. The van der Waals surface area contributed by atoms with Gasteiger partial charge in [0.15, 0.2) is 5.65 Å². The number of rotatable bonds is 4. The maximum absolute atomic E-state index is 12.7. The average molecular weight is 393 g/mol. The van der Waals surface area contributed by atoms with E-state index < -0.39 is 10.0 Å². The molecule has 1 fully saturated rings. The van der Waals surface area contributed by atoms with E-state index in [-0.39, 0.29) is 10.9 Å². The van der Waals surface area contributed by atoms with E-state index in [9.17, 15) is 8.42 Å². The molecule has 2 aromatic heterocycles. The Hall–Kier alpha value is -2.23. The second-order valence-corrected chi connectivity index (χ2v) is 8.33. The minimum Gasteiger partial charge on any atom is -0.354 e. The Morgan fingerprint density at radius 2 is 2.12 bits per heavy atom. The fourth-order valence-electron chi connectivity index (χ4n) is 3.11. The van der Waals surface area contributed by atoms with E-state index in [0.29, 0.717) is 35.7 Å². The molecule has 4 rings (SSSR count). The van der Waals surface area contributed by atoms with Gasteiger partial charge in [-0.2, -0.15) is 4.52 Å². The summed E-state index contributed by atoms with van der Waals surface area (Å²) in [6.07, 6.45) is 2.23. The summed E-state index contributed by atoms with van der Waals surface area (Å²) in [7, 11) is -3.63. The maximum atomic E-state index is 12.7. The van der Waals surface area contributed by atoms with Crippen LogP contribution in [0.2, 0.25) is 5.02 Å². The zero-order valence-electron chi connectivity index (χ0n) is 14.0. The largest absolute Gasteiger partial charge is 0.354 e. The van der Waals surface area contributed by atoms with Crippen molar-refractivity contribution in [2.24, 2.45) is 0 Å². The van der Waals surface area contributed by atoms with Crippen molar-refractivity contribution in [3.05, 3.63) is 47.2 Å². The molecule has 0 aliphatic carbocycles. The molecular weight excluding hydrogens is 376 g/mol. The van der Waals surface area contributed by atoms with Crippen molar-refractivity contribution in [3.8, 4) is 0 Å². The molecule has 10 heteroatoms. The van der Waals surface area contributed by atoms with Crippen LogP contribution in [-0.2, 0) is 10.0 Å². The lowest BCUT2D eigenvalue weighted by molar-refractivity contribution is 0.560. The van der Waals surface area contributed by atoms with Gasteiger partial charge in [-0.1, -0.05) is 17.7 Å². The lowest BCUT2D eigenvalue weighted by atomic mass is 10.2. The molecule has 1 aromatic carbocycles. The Morgan fingerprint density at radius 1 is 1.27 bits per heavy atom. The predicted octanol–water partition coefficient (Wildman–Crippen LogP) is 1.64. The Morgan fingerprint density at radius 3 is 2.96 bits per heavy atom. The molecule has 136 valence electrons. The average Bonchev–Trinajstić information content (AvgIpc) is 3.25. The zero-order chi connectivity index (χ0) is 18.3. The zero-order valence-corrected chi connectivity index (χ0v) is 15.6. The van der Waals surface area contributed by atoms with Crippen LogP contribution in [0.5, 0.6) is 0 Å². The number of sulfonamides is 1. The first-order valence-corrected chi connectivity index (χ1v) is 9.99. The van der Waals surface area contributed by atoms with Gasteiger partial charge in [0, 0.05) is 24.2 Å². The highest BCUT2D eigenvalue weighted by molar-refractivity contribution is 7.89. The SMILES string of the molecule is Cc1c(Cl)cccc1S(=O)(=O)N[C@H]1CCN(c2ccc3nncn3n2)C1. The smallest absolute Gasteiger partial charge is 0.241 e. The molecule has 0 spiro atoms. The lowest BCUT2D eigenvalue weighted by Gasteiger charge is -2.18. The highest BCUT2D eigenvalue weighted by Gasteiger charge is 2.29. The van der Waals surface area contributed by atoms with Gasteiger partial charge in [0.1, 0.15) is 12.1 Å². The third-order valence-electron chi connectivity index (χ3n) is 4.49. The molecule has 0 radical (unpaired) electrons. The van der Waals surface area contributed by atoms with Crippen molar-refractivity contribution in [3.63, 3.8) is 0 Å². The molecule has 0 saturated carbocycles. The van der Waals surface area contributed by atoms with Crippen LogP contribution < -0.4 is 9.62 Å². The number of halogens is 1. The Labute approximate surface area is 155 Å². The first kappa shape index (κ1) is 17.2. The fourth-order valence-corrected chi connectivity index (χ4v) is 4.87. The number of hydrogen-bond donors (Lipinski definition) is 1. The number of nitrogens with zero attached hydrogens (tertiary/aromatic N) is 5. The van der Waals surface area contributed by atoms with Crippen molar-refractivity contribution < 1.29 is 8.42 Å². The summed E-state index contributed by atoms with van der Waals surface area (Å²) in [4.78, 5) is 2.25. The molecule has 8 nitrogen and oxygen atoms in total. The van der Waals surface area contributed by atoms with E-state index in [1.54, 1.807) is 29.6 Å². The molecule has 26 heavy (non-hydrogen) atoms. The van der Waals surface area contributed by atoms with E-state index in [1.165, 1.54) is 6.33 Å². The minimum atomic E-state index is -3.63. The fraction of sp³-hybridized carbons (Fsp3) is 0.312. The number of fused-ring (bicyclic) bond motifs is 1. The van der Waals surface area contributed by atoms with Crippen LogP contribution >= 0.6 is 11.6 Å². The van der Waals surface area contributed by atoms with Crippen LogP contribution in [0.4, 0.5) is 5.82 Å². The molecule has 0 unspecified atom stereocenters. The van der Waals surface area contributed by atoms with Crippen LogP contribution in [0.25, 0.3) is 5.65 Å². The van der Waals surface area contributed by atoms with Gasteiger partial charge in [-0.25, -0.2) is 13.1 Å². The number of aromatic nitrogens is 4. The number of nitrogens with one attached hydrogen (secondary N) is 1. The van der Waals surface area contributed by atoms with Gasteiger partial charge in [-0.05, 0) is 43.2 Å². The Kier molecular flexibility index (Phi) is 4.29. The van der Waals surface area contributed by atoms with Gasteiger partial charge in [0.25, 0.3) is 0 Å². The van der Waals surface area contributed by atoms with Gasteiger partial charge in [-0.15, -0.1) is 15.3 Å². The molecule has 1 N–H and O–H groups in total. The molecule has 0 amide bonds. The number of benzene rings is 1. The molecule has 3 heterocycles. The summed E-state index contributed by atoms with van der Waals surface area (Å²) >= 11 is 6.06. The van der Waals surface area contributed by atoms with E-state index >= 15 is 0 Å². The predicted molar refractivity (Wildman–Crippen MR) is 97.9 cm³/mol. The molecule has 1 aliphatic heterocycles. The van der Waals surface area contributed by atoms with Crippen molar-refractivity contribution >= 4 is 33.1 Å². The molecular formula is C16H17ClN6O2S. The molecule has 1 saturated heterocycles. The number of hydrogen-bond acceptors (Lipinski definition) is 6. The van der Waals surface area contributed by atoms with E-state index in [0.717, 1.165) is 5.82 Å². The van der Waals surface area contributed by atoms with Gasteiger partial charge in [0.2, 0.25) is 10.0 Å². The van der Waals surface area contributed by atoms with Crippen LogP contribution in [-0.4, -0.2) is 47.4 Å². The quantitative estimate of drug-likeness (QED) is 0.725. The first-order chi connectivity index (χ1) is 12.4. The van der Waals surface area contributed by atoms with Crippen molar-refractivity contribution in [1.82, 2.24) is 24.5 Å². The molecule has 3 aromatic rings. The van der Waals surface area contributed by atoms with Crippen LogP contribution in [0.15, 0.2) is 41.6 Å². The normalized spacial score (nSPS) is 17.9. The van der Waals surface area contributed by atoms with Gasteiger partial charge in [-0.3, -0.25) is 0 Å². The van der Waals surface area contributed by atoms with E-state index in [2.05, 4.69) is 20.0 Å². The van der Waals surface area contributed by atoms with Gasteiger partial charge in [0.05, 0.1) is 4.90 Å². The van der Waals surface area contributed by atoms with Crippen molar-refractivity contribution in [2.45, 2.75) is 24.3 Å². The third kappa shape index (κ3) is 3.13. The Bertz CT molecular complexity index is 1070. The molecule has 1 aliphatic rings. The molecule has 1 atom stereocenters. The highest BCUT2D eigenvalue weighted by Crippen LogP contribution is 2.24. The second kappa shape index (κ2) is 6.49. The van der Waals surface area contributed by atoms with E-state index in [1.807, 2.05) is 17.0 Å². The lowest BCUT2D eigenvalue weighted by Crippen LogP contribution is -2.37. The topological polar surface area (TPSA) is 92.5 Å². The van der Waals surface area contributed by atoms with E-state index in [4.69, 9.17) is 11.6 Å². The van der Waals surface area contributed by atoms with Gasteiger partial charge >= 0.3 is 0 Å². The minimum absolute atomic E-state index is 0.197. The number of anilines is 1. The maximum Gasteiger partial charge on any atom is 0.241 e.